The fraction of sp³-hybridized carbons (Fsp3) is 0.467. The van der Waals surface area contributed by atoms with Crippen molar-refractivity contribution in [2.75, 3.05) is 0 Å². The third-order valence-corrected chi connectivity index (χ3v) is 3.82. The Hall–Kier alpha value is -1.64. The van der Waals surface area contributed by atoms with E-state index in [0.717, 1.165) is 17.5 Å². The van der Waals surface area contributed by atoms with Crippen LogP contribution >= 0.6 is 0 Å². The lowest BCUT2D eigenvalue weighted by Gasteiger charge is -2.11. The van der Waals surface area contributed by atoms with Gasteiger partial charge in [-0.25, -0.2) is 0 Å². The first-order valence-corrected chi connectivity index (χ1v) is 6.48. The second-order valence-electron chi connectivity index (χ2n) is 4.92. The molecule has 18 heavy (non-hydrogen) atoms. The number of carboxylic acid groups (broad SMARTS) is 1. The summed E-state index contributed by atoms with van der Waals surface area (Å²) in [7, 11) is 0. The van der Waals surface area contributed by atoms with Crippen molar-refractivity contribution in [3.8, 4) is 0 Å². The van der Waals surface area contributed by atoms with E-state index in [0.29, 0.717) is 19.3 Å². The summed E-state index contributed by atoms with van der Waals surface area (Å²) in [6.07, 6.45) is 2.65. The quantitative estimate of drug-likeness (QED) is 0.831. The zero-order chi connectivity index (χ0) is 13.1. The van der Waals surface area contributed by atoms with E-state index in [1.54, 1.807) is 0 Å². The molecule has 1 aliphatic carbocycles. The van der Waals surface area contributed by atoms with Gasteiger partial charge in [-0.1, -0.05) is 31.2 Å². The smallest absolute Gasteiger partial charge is 0.306 e. The summed E-state index contributed by atoms with van der Waals surface area (Å²) in [5, 5.41) is 8.97. The second kappa shape index (κ2) is 5.34. The van der Waals surface area contributed by atoms with Crippen molar-refractivity contribution in [1.82, 2.24) is 0 Å². The molecule has 2 unspecified atom stereocenters. The Morgan fingerprint density at radius 2 is 1.89 bits per heavy atom. The zero-order valence-corrected chi connectivity index (χ0v) is 10.6. The number of benzene rings is 1. The maximum atomic E-state index is 12.4. The molecule has 0 spiro atoms. The van der Waals surface area contributed by atoms with Crippen molar-refractivity contribution >= 4 is 11.8 Å². The topological polar surface area (TPSA) is 54.4 Å². The SMILES string of the molecule is CCc1ccccc1C(=O)C1CCC(C(=O)O)C1. The van der Waals surface area contributed by atoms with Crippen LogP contribution in [0.4, 0.5) is 0 Å². The number of aliphatic carboxylic acids is 1. The van der Waals surface area contributed by atoms with Crippen LogP contribution in [0.3, 0.4) is 0 Å². The van der Waals surface area contributed by atoms with E-state index in [4.69, 9.17) is 5.11 Å². The van der Waals surface area contributed by atoms with Crippen LogP contribution < -0.4 is 0 Å². The van der Waals surface area contributed by atoms with Crippen molar-refractivity contribution < 1.29 is 14.7 Å². The molecule has 1 fully saturated rings. The molecule has 0 aliphatic heterocycles. The van der Waals surface area contributed by atoms with Crippen molar-refractivity contribution in [2.24, 2.45) is 11.8 Å². The highest BCUT2D eigenvalue weighted by Crippen LogP contribution is 2.33. The highest BCUT2D eigenvalue weighted by Gasteiger charge is 2.34. The first-order chi connectivity index (χ1) is 8.63. The van der Waals surface area contributed by atoms with Gasteiger partial charge in [0.05, 0.1) is 5.92 Å². The molecule has 96 valence electrons. The van der Waals surface area contributed by atoms with E-state index < -0.39 is 5.97 Å². The summed E-state index contributed by atoms with van der Waals surface area (Å²) in [6, 6.07) is 7.63. The molecule has 0 amide bonds. The number of carboxylic acids is 1. The van der Waals surface area contributed by atoms with Gasteiger partial charge in [0.25, 0.3) is 0 Å². The zero-order valence-electron chi connectivity index (χ0n) is 10.6. The number of rotatable bonds is 4. The van der Waals surface area contributed by atoms with Crippen LogP contribution in [0.2, 0.25) is 0 Å². The van der Waals surface area contributed by atoms with Crippen LogP contribution in [-0.2, 0) is 11.2 Å². The van der Waals surface area contributed by atoms with Gasteiger partial charge in [-0.05, 0) is 31.2 Å². The van der Waals surface area contributed by atoms with Gasteiger partial charge in [-0.15, -0.1) is 0 Å². The molecule has 1 aromatic rings. The fourth-order valence-corrected chi connectivity index (χ4v) is 2.73. The summed E-state index contributed by atoms with van der Waals surface area (Å²) >= 11 is 0. The average molecular weight is 246 g/mol. The van der Waals surface area contributed by atoms with Crippen LogP contribution in [0.5, 0.6) is 0 Å². The maximum Gasteiger partial charge on any atom is 0.306 e. The Morgan fingerprint density at radius 3 is 2.50 bits per heavy atom. The fourth-order valence-electron chi connectivity index (χ4n) is 2.73. The minimum Gasteiger partial charge on any atom is -0.481 e. The number of Topliss-reactive ketones (excluding diaryl/α,β-unsaturated/α-hetero) is 1. The van der Waals surface area contributed by atoms with E-state index in [1.165, 1.54) is 0 Å². The van der Waals surface area contributed by atoms with Crippen LogP contribution in [0.25, 0.3) is 0 Å². The van der Waals surface area contributed by atoms with Gasteiger partial charge in [0.15, 0.2) is 5.78 Å². The third-order valence-electron chi connectivity index (χ3n) is 3.82. The first-order valence-electron chi connectivity index (χ1n) is 6.48. The molecule has 1 N–H and O–H groups in total. The summed E-state index contributed by atoms with van der Waals surface area (Å²) in [4.78, 5) is 23.3. The Labute approximate surface area is 107 Å². The number of aryl methyl sites for hydroxylation is 1. The molecule has 0 bridgehead atoms. The third kappa shape index (κ3) is 2.45. The lowest BCUT2D eigenvalue weighted by molar-refractivity contribution is -0.141. The van der Waals surface area contributed by atoms with E-state index in [2.05, 4.69) is 0 Å². The van der Waals surface area contributed by atoms with Gasteiger partial charge in [-0.2, -0.15) is 0 Å². The minimum absolute atomic E-state index is 0.112. The molecule has 2 atom stereocenters. The molecule has 3 heteroatoms. The predicted molar refractivity (Wildman–Crippen MR) is 68.6 cm³/mol. The largest absolute Gasteiger partial charge is 0.481 e. The molecule has 3 nitrogen and oxygen atoms in total. The highest BCUT2D eigenvalue weighted by atomic mass is 16.4. The summed E-state index contributed by atoms with van der Waals surface area (Å²) in [6.45, 7) is 2.03. The predicted octanol–water partition coefficient (Wildman–Crippen LogP) is 2.93. The van der Waals surface area contributed by atoms with Crippen LogP contribution in [-0.4, -0.2) is 16.9 Å². The van der Waals surface area contributed by atoms with Crippen molar-refractivity contribution in [3.63, 3.8) is 0 Å². The Bertz CT molecular complexity index is 465. The van der Waals surface area contributed by atoms with E-state index in [9.17, 15) is 9.59 Å². The molecule has 0 aromatic heterocycles. The highest BCUT2D eigenvalue weighted by molar-refractivity contribution is 5.99. The summed E-state index contributed by atoms with van der Waals surface area (Å²) < 4.78 is 0. The molecule has 0 radical (unpaired) electrons. The lowest BCUT2D eigenvalue weighted by Crippen LogP contribution is -2.16. The van der Waals surface area contributed by atoms with Gasteiger partial charge in [0, 0.05) is 11.5 Å². The Kier molecular flexibility index (Phi) is 3.80. The van der Waals surface area contributed by atoms with Crippen LogP contribution in [0, 0.1) is 11.8 Å². The van der Waals surface area contributed by atoms with Gasteiger partial charge in [0.1, 0.15) is 0 Å². The molecule has 0 heterocycles. The summed E-state index contributed by atoms with van der Waals surface area (Å²) in [5.41, 5.74) is 1.83. The molecular weight excluding hydrogens is 228 g/mol. The second-order valence-corrected chi connectivity index (χ2v) is 4.92. The Morgan fingerprint density at radius 1 is 1.22 bits per heavy atom. The van der Waals surface area contributed by atoms with Crippen LogP contribution in [0.15, 0.2) is 24.3 Å². The van der Waals surface area contributed by atoms with Crippen molar-refractivity contribution in [3.05, 3.63) is 35.4 Å². The van der Waals surface area contributed by atoms with Gasteiger partial charge in [0.2, 0.25) is 0 Å². The van der Waals surface area contributed by atoms with E-state index in [1.807, 2.05) is 31.2 Å². The molecule has 2 rings (SSSR count). The van der Waals surface area contributed by atoms with Crippen LogP contribution in [0.1, 0.15) is 42.1 Å². The summed E-state index contributed by atoms with van der Waals surface area (Å²) in [5.74, 6) is -1.10. The first kappa shape index (κ1) is 12.8. The van der Waals surface area contributed by atoms with Gasteiger partial charge < -0.3 is 5.11 Å². The number of carbonyl (C=O) groups is 2. The molecule has 1 aliphatic rings. The minimum atomic E-state index is -0.769. The average Bonchev–Trinajstić information content (AvgIpc) is 2.87. The van der Waals surface area contributed by atoms with Gasteiger partial charge in [-0.3, -0.25) is 9.59 Å². The van der Waals surface area contributed by atoms with Crippen molar-refractivity contribution in [2.45, 2.75) is 32.6 Å². The van der Waals surface area contributed by atoms with E-state index >= 15 is 0 Å². The van der Waals surface area contributed by atoms with Crippen molar-refractivity contribution in [1.29, 1.82) is 0 Å². The van der Waals surface area contributed by atoms with Gasteiger partial charge >= 0.3 is 5.97 Å². The molecular formula is C15H18O3. The monoisotopic (exact) mass is 246 g/mol. The molecule has 1 aromatic carbocycles. The van der Waals surface area contributed by atoms with E-state index in [-0.39, 0.29) is 17.6 Å². The number of ketones is 1. The molecule has 0 saturated heterocycles. The number of carbonyl (C=O) groups excluding carboxylic acids is 1. The lowest BCUT2D eigenvalue weighted by atomic mass is 9.91. The standard InChI is InChI=1S/C15H18O3/c1-2-10-5-3-4-6-13(10)14(16)11-7-8-12(9-11)15(17)18/h3-6,11-12H,2,7-9H2,1H3,(H,17,18). The number of hydrogen-bond donors (Lipinski definition) is 1. The normalized spacial score (nSPS) is 22.9. The molecule has 1 saturated carbocycles. The maximum absolute atomic E-state index is 12.4. The Balaban J connectivity index is 2.15. The number of hydrogen-bond acceptors (Lipinski definition) is 2.